The summed E-state index contributed by atoms with van der Waals surface area (Å²) in [6.45, 7) is 3.28. The van der Waals surface area contributed by atoms with E-state index in [1.807, 2.05) is 24.2 Å². The first kappa shape index (κ1) is 14.8. The first-order valence-corrected chi connectivity index (χ1v) is 8.26. The van der Waals surface area contributed by atoms with Crippen LogP contribution < -0.4 is 5.73 Å². The number of piperidine rings is 1. The van der Waals surface area contributed by atoms with Crippen molar-refractivity contribution in [3.8, 4) is 0 Å². The molecule has 0 amide bonds. The summed E-state index contributed by atoms with van der Waals surface area (Å²) in [6, 6.07) is 4.18. The van der Waals surface area contributed by atoms with Gasteiger partial charge < -0.3 is 10.6 Å². The van der Waals surface area contributed by atoms with E-state index in [4.69, 9.17) is 18.0 Å². The fraction of sp³-hybridized carbons (Fsp3) is 0.571. The Morgan fingerprint density at radius 3 is 2.58 bits per heavy atom. The van der Waals surface area contributed by atoms with E-state index in [1.54, 1.807) is 0 Å². The molecule has 0 aromatic carbocycles. The number of hydrogen-bond acceptors (Lipinski definition) is 4. The lowest BCUT2D eigenvalue weighted by molar-refractivity contribution is 0.223. The second-order valence-electron chi connectivity index (χ2n) is 5.01. The molecule has 0 radical (unpaired) electrons. The molecule has 0 unspecified atom stereocenters. The molecule has 0 spiro atoms. The molecule has 2 heterocycles. The van der Waals surface area contributed by atoms with Crippen LogP contribution in [-0.4, -0.2) is 45.5 Å². The summed E-state index contributed by atoms with van der Waals surface area (Å²) in [5, 5.41) is 0. The molecule has 0 aliphatic carbocycles. The van der Waals surface area contributed by atoms with Gasteiger partial charge >= 0.3 is 0 Å². The largest absolute Gasteiger partial charge is 0.392 e. The molecule has 2 N–H and O–H groups in total. The van der Waals surface area contributed by atoms with E-state index in [-0.39, 0.29) is 4.75 Å². The summed E-state index contributed by atoms with van der Waals surface area (Å²) in [6.07, 6.45) is 9.06. The molecule has 0 atom stereocenters. The molecule has 1 aromatic heterocycles. The van der Waals surface area contributed by atoms with Crippen LogP contribution in [0.25, 0.3) is 0 Å². The first-order chi connectivity index (χ1) is 9.16. The molecule has 1 fully saturated rings. The molecule has 3 nitrogen and oxygen atoms in total. The SMILES string of the molecule is CSC1(C(N)=S)CCN(CCc2ccncc2)CC1. The van der Waals surface area contributed by atoms with Crippen LogP contribution in [0.2, 0.25) is 0 Å². The molecule has 5 heteroatoms. The maximum Gasteiger partial charge on any atom is 0.0891 e. The van der Waals surface area contributed by atoms with Crippen molar-refractivity contribution in [1.29, 1.82) is 0 Å². The average molecular weight is 295 g/mol. The third kappa shape index (κ3) is 3.68. The number of thiocarbonyl (C=S) groups is 1. The number of likely N-dealkylation sites (tertiary alicyclic amines) is 1. The van der Waals surface area contributed by atoms with Crippen LogP contribution in [0, 0.1) is 0 Å². The van der Waals surface area contributed by atoms with Gasteiger partial charge in [-0.1, -0.05) is 12.2 Å². The standard InChI is InChI=1S/C14H21N3S2/c1-19-14(13(15)18)5-10-17(11-6-14)9-4-12-2-7-16-8-3-12/h2-3,7-8H,4-6,9-11H2,1H3,(H2,15,18). The van der Waals surface area contributed by atoms with Crippen LogP contribution in [-0.2, 0) is 6.42 Å². The van der Waals surface area contributed by atoms with E-state index in [1.165, 1.54) is 5.56 Å². The summed E-state index contributed by atoms with van der Waals surface area (Å²) >= 11 is 7.05. The van der Waals surface area contributed by atoms with Crippen LogP contribution >= 0.6 is 24.0 Å². The van der Waals surface area contributed by atoms with Gasteiger partial charge in [-0.3, -0.25) is 4.98 Å². The Morgan fingerprint density at radius 2 is 2.05 bits per heavy atom. The van der Waals surface area contributed by atoms with E-state index in [9.17, 15) is 0 Å². The smallest absolute Gasteiger partial charge is 0.0891 e. The van der Waals surface area contributed by atoms with Crippen LogP contribution in [0.3, 0.4) is 0 Å². The lowest BCUT2D eigenvalue weighted by Crippen LogP contribution is -2.49. The monoisotopic (exact) mass is 295 g/mol. The Labute approximate surface area is 125 Å². The molecule has 104 valence electrons. The van der Waals surface area contributed by atoms with Crippen LogP contribution in [0.5, 0.6) is 0 Å². The fourth-order valence-corrected chi connectivity index (χ4v) is 3.77. The first-order valence-electron chi connectivity index (χ1n) is 6.62. The van der Waals surface area contributed by atoms with Gasteiger partial charge in [0.2, 0.25) is 0 Å². The molecule has 19 heavy (non-hydrogen) atoms. The fourth-order valence-electron chi connectivity index (χ4n) is 2.53. The Hall–Kier alpha value is -0.650. The highest BCUT2D eigenvalue weighted by molar-refractivity contribution is 8.02. The van der Waals surface area contributed by atoms with Crippen molar-refractivity contribution in [1.82, 2.24) is 9.88 Å². The third-order valence-electron chi connectivity index (χ3n) is 3.97. The quantitative estimate of drug-likeness (QED) is 0.843. The average Bonchev–Trinajstić information content (AvgIpc) is 2.46. The normalized spacial score (nSPS) is 19.2. The predicted octanol–water partition coefficient (Wildman–Crippen LogP) is 2.11. The second-order valence-corrected chi connectivity index (χ2v) is 6.64. The third-order valence-corrected chi connectivity index (χ3v) is 5.90. The Morgan fingerprint density at radius 1 is 1.42 bits per heavy atom. The van der Waals surface area contributed by atoms with Gasteiger partial charge in [0.15, 0.2) is 0 Å². The number of nitrogens with two attached hydrogens (primary N) is 1. The summed E-state index contributed by atoms with van der Waals surface area (Å²) < 4.78 is 0.0303. The molecule has 0 saturated carbocycles. The maximum absolute atomic E-state index is 5.91. The topological polar surface area (TPSA) is 42.1 Å². The highest BCUT2D eigenvalue weighted by atomic mass is 32.2. The van der Waals surface area contributed by atoms with Crippen molar-refractivity contribution in [2.45, 2.75) is 24.0 Å². The minimum absolute atomic E-state index is 0.0303. The van der Waals surface area contributed by atoms with Crippen molar-refractivity contribution in [3.63, 3.8) is 0 Å². The van der Waals surface area contributed by atoms with Crippen LogP contribution in [0.1, 0.15) is 18.4 Å². The van der Waals surface area contributed by atoms with Gasteiger partial charge in [0.05, 0.1) is 9.74 Å². The van der Waals surface area contributed by atoms with Crippen molar-refractivity contribution in [3.05, 3.63) is 30.1 Å². The highest BCUT2D eigenvalue weighted by Gasteiger charge is 2.36. The van der Waals surface area contributed by atoms with Gasteiger partial charge in [0.25, 0.3) is 0 Å². The number of nitrogens with zero attached hydrogens (tertiary/aromatic N) is 2. The number of aromatic nitrogens is 1. The summed E-state index contributed by atoms with van der Waals surface area (Å²) in [5.41, 5.74) is 7.26. The van der Waals surface area contributed by atoms with Gasteiger partial charge in [-0.25, -0.2) is 0 Å². The lowest BCUT2D eigenvalue weighted by Gasteiger charge is -2.40. The van der Waals surface area contributed by atoms with Crippen molar-refractivity contribution in [2.24, 2.45) is 5.73 Å². The van der Waals surface area contributed by atoms with Crippen LogP contribution in [0.15, 0.2) is 24.5 Å². The number of hydrogen-bond donors (Lipinski definition) is 1. The zero-order chi connectivity index (χ0) is 13.7. The van der Waals surface area contributed by atoms with Gasteiger partial charge in [-0.2, -0.15) is 11.8 Å². The molecule has 1 aliphatic rings. The van der Waals surface area contributed by atoms with Gasteiger partial charge in [0.1, 0.15) is 0 Å². The molecule has 1 saturated heterocycles. The van der Waals surface area contributed by atoms with Crippen molar-refractivity contribution >= 4 is 29.0 Å². The number of rotatable bonds is 5. The summed E-state index contributed by atoms with van der Waals surface area (Å²) in [4.78, 5) is 7.23. The van der Waals surface area contributed by atoms with Gasteiger partial charge in [0, 0.05) is 18.9 Å². The van der Waals surface area contributed by atoms with E-state index < -0.39 is 0 Å². The van der Waals surface area contributed by atoms with E-state index in [0.29, 0.717) is 4.99 Å². The highest BCUT2D eigenvalue weighted by Crippen LogP contribution is 2.34. The number of thioether (sulfide) groups is 1. The predicted molar refractivity (Wildman–Crippen MR) is 86.6 cm³/mol. The minimum Gasteiger partial charge on any atom is -0.392 e. The Kier molecular flexibility index (Phi) is 5.19. The van der Waals surface area contributed by atoms with Gasteiger partial charge in [-0.05, 0) is 56.3 Å². The molecular weight excluding hydrogens is 274 g/mol. The van der Waals surface area contributed by atoms with Crippen LogP contribution in [0.4, 0.5) is 0 Å². The Bertz CT molecular complexity index is 414. The molecular formula is C14H21N3S2. The Balaban J connectivity index is 1.82. The molecule has 1 aliphatic heterocycles. The second kappa shape index (κ2) is 6.68. The number of pyridine rings is 1. The van der Waals surface area contributed by atoms with E-state index in [2.05, 4.69) is 28.3 Å². The van der Waals surface area contributed by atoms with E-state index in [0.717, 1.165) is 38.9 Å². The summed E-state index contributed by atoms with van der Waals surface area (Å²) in [7, 11) is 0. The van der Waals surface area contributed by atoms with Gasteiger partial charge in [-0.15, -0.1) is 0 Å². The molecule has 2 rings (SSSR count). The van der Waals surface area contributed by atoms with Crippen molar-refractivity contribution < 1.29 is 0 Å². The zero-order valence-electron chi connectivity index (χ0n) is 11.3. The molecule has 1 aromatic rings. The summed E-state index contributed by atoms with van der Waals surface area (Å²) in [5.74, 6) is 0. The lowest BCUT2D eigenvalue weighted by atomic mass is 9.95. The maximum atomic E-state index is 5.91. The van der Waals surface area contributed by atoms with E-state index >= 15 is 0 Å². The molecule has 0 bridgehead atoms. The minimum atomic E-state index is 0.0303. The van der Waals surface area contributed by atoms with Crippen molar-refractivity contribution in [2.75, 3.05) is 25.9 Å². The zero-order valence-corrected chi connectivity index (χ0v) is 13.0.